The number of H-pyrrole nitrogens is 1. The molecule has 0 saturated heterocycles. The van der Waals surface area contributed by atoms with Crippen molar-refractivity contribution in [2.75, 3.05) is 13.7 Å². The summed E-state index contributed by atoms with van der Waals surface area (Å²) in [5.41, 5.74) is 0. The number of urea groups is 1. The van der Waals surface area contributed by atoms with Crippen molar-refractivity contribution < 1.29 is 19.4 Å². The summed E-state index contributed by atoms with van der Waals surface area (Å²) >= 11 is 0. The van der Waals surface area contributed by atoms with Gasteiger partial charge in [0, 0.05) is 19.5 Å². The molecule has 0 aliphatic rings. The van der Waals surface area contributed by atoms with E-state index in [0.717, 1.165) is 0 Å². The van der Waals surface area contributed by atoms with E-state index in [2.05, 4.69) is 20.6 Å². The van der Waals surface area contributed by atoms with Gasteiger partial charge in [-0.15, -0.1) is 0 Å². The molecule has 1 aromatic rings. The van der Waals surface area contributed by atoms with Gasteiger partial charge in [0.1, 0.15) is 5.82 Å². The predicted octanol–water partition coefficient (Wildman–Crippen LogP) is 0.260. The standard InChI is InChI=1S/C11H18N4O4/c1-3-7(9-12-4-5-13-9)15-11(18)14-6-8(19-2)10(16)17/h4-5,7-8H,3,6H2,1-2H3,(H,12,13)(H,16,17)(H2,14,15,18). The minimum absolute atomic E-state index is 0.105. The number of aliphatic carboxylic acids is 1. The number of rotatable bonds is 7. The van der Waals surface area contributed by atoms with Gasteiger partial charge in [0.15, 0.2) is 6.10 Å². The van der Waals surface area contributed by atoms with Crippen LogP contribution < -0.4 is 10.6 Å². The first-order valence-corrected chi connectivity index (χ1v) is 5.87. The molecule has 0 aliphatic carbocycles. The lowest BCUT2D eigenvalue weighted by molar-refractivity contribution is -0.147. The summed E-state index contributed by atoms with van der Waals surface area (Å²) in [6.07, 6.45) is 2.87. The fourth-order valence-corrected chi connectivity index (χ4v) is 1.50. The lowest BCUT2D eigenvalue weighted by Gasteiger charge is -2.16. The maximum absolute atomic E-state index is 11.6. The number of nitrogens with zero attached hydrogens (tertiary/aromatic N) is 1. The monoisotopic (exact) mass is 270 g/mol. The van der Waals surface area contributed by atoms with Crippen molar-refractivity contribution in [3.8, 4) is 0 Å². The highest BCUT2D eigenvalue weighted by atomic mass is 16.5. The molecule has 2 amide bonds. The average Bonchev–Trinajstić information content (AvgIpc) is 2.90. The van der Waals surface area contributed by atoms with Crippen molar-refractivity contribution in [2.45, 2.75) is 25.5 Å². The highest BCUT2D eigenvalue weighted by Crippen LogP contribution is 2.10. The molecule has 0 saturated carbocycles. The summed E-state index contributed by atoms with van der Waals surface area (Å²) in [4.78, 5) is 29.3. The van der Waals surface area contributed by atoms with Crippen LogP contribution >= 0.6 is 0 Å². The van der Waals surface area contributed by atoms with Crippen molar-refractivity contribution in [3.63, 3.8) is 0 Å². The fraction of sp³-hybridized carbons (Fsp3) is 0.545. The Labute approximate surface area is 110 Å². The largest absolute Gasteiger partial charge is 0.479 e. The van der Waals surface area contributed by atoms with Crippen molar-refractivity contribution in [1.82, 2.24) is 20.6 Å². The number of carbonyl (C=O) groups is 2. The van der Waals surface area contributed by atoms with Crippen molar-refractivity contribution >= 4 is 12.0 Å². The molecule has 0 spiro atoms. The number of aromatic nitrogens is 2. The lowest BCUT2D eigenvalue weighted by atomic mass is 10.2. The Morgan fingerprint density at radius 1 is 1.58 bits per heavy atom. The maximum Gasteiger partial charge on any atom is 0.334 e. The van der Waals surface area contributed by atoms with Gasteiger partial charge in [-0.25, -0.2) is 14.6 Å². The van der Waals surface area contributed by atoms with Crippen LogP contribution in [0.3, 0.4) is 0 Å². The van der Waals surface area contributed by atoms with Gasteiger partial charge in [0.05, 0.1) is 12.6 Å². The van der Waals surface area contributed by atoms with E-state index in [0.29, 0.717) is 12.2 Å². The number of hydrogen-bond donors (Lipinski definition) is 4. The third kappa shape index (κ3) is 4.59. The van der Waals surface area contributed by atoms with E-state index in [9.17, 15) is 9.59 Å². The molecule has 1 heterocycles. The van der Waals surface area contributed by atoms with Gasteiger partial charge in [-0.3, -0.25) is 0 Å². The van der Waals surface area contributed by atoms with Gasteiger partial charge < -0.3 is 25.5 Å². The Balaban J connectivity index is 2.44. The molecule has 2 unspecified atom stereocenters. The quantitative estimate of drug-likeness (QED) is 0.567. The zero-order chi connectivity index (χ0) is 14.3. The summed E-state index contributed by atoms with van der Waals surface area (Å²) < 4.78 is 4.71. The van der Waals surface area contributed by atoms with Crippen molar-refractivity contribution in [3.05, 3.63) is 18.2 Å². The number of carboxylic acid groups (broad SMARTS) is 1. The minimum Gasteiger partial charge on any atom is -0.479 e. The zero-order valence-corrected chi connectivity index (χ0v) is 10.8. The van der Waals surface area contributed by atoms with Crippen LogP contribution in [0.4, 0.5) is 4.79 Å². The number of aromatic amines is 1. The number of methoxy groups -OCH3 is 1. The maximum atomic E-state index is 11.6. The van der Waals surface area contributed by atoms with Crippen LogP contribution in [0.2, 0.25) is 0 Å². The molecule has 1 aromatic heterocycles. The molecule has 0 aliphatic heterocycles. The molecule has 1 rings (SSSR count). The number of imidazole rings is 1. The second-order valence-electron chi connectivity index (χ2n) is 3.85. The number of amides is 2. The normalized spacial score (nSPS) is 13.6. The van der Waals surface area contributed by atoms with Crippen molar-refractivity contribution in [2.24, 2.45) is 0 Å². The fourth-order valence-electron chi connectivity index (χ4n) is 1.50. The highest BCUT2D eigenvalue weighted by Gasteiger charge is 2.19. The van der Waals surface area contributed by atoms with Crippen LogP contribution in [0.5, 0.6) is 0 Å². The first kappa shape index (κ1) is 15.0. The minimum atomic E-state index is -1.12. The Morgan fingerprint density at radius 3 is 2.79 bits per heavy atom. The van der Waals surface area contributed by atoms with Gasteiger partial charge in [0.25, 0.3) is 0 Å². The summed E-state index contributed by atoms with van der Waals surface area (Å²) in [7, 11) is 1.27. The third-order valence-corrected chi connectivity index (χ3v) is 2.57. The van der Waals surface area contributed by atoms with E-state index in [1.54, 1.807) is 12.4 Å². The molecule has 4 N–H and O–H groups in total. The van der Waals surface area contributed by atoms with E-state index >= 15 is 0 Å². The molecular weight excluding hydrogens is 252 g/mol. The molecule has 2 atom stereocenters. The molecule has 0 bridgehead atoms. The average molecular weight is 270 g/mol. The number of carbonyl (C=O) groups excluding carboxylic acids is 1. The van der Waals surface area contributed by atoms with E-state index in [-0.39, 0.29) is 12.6 Å². The first-order valence-electron chi connectivity index (χ1n) is 5.87. The van der Waals surface area contributed by atoms with Gasteiger partial charge >= 0.3 is 12.0 Å². The van der Waals surface area contributed by atoms with E-state index < -0.39 is 18.1 Å². The SMILES string of the molecule is CCC(NC(=O)NCC(OC)C(=O)O)c1ncc[nH]1. The molecular formula is C11H18N4O4. The second kappa shape index (κ2) is 7.37. The zero-order valence-electron chi connectivity index (χ0n) is 10.8. The number of nitrogens with one attached hydrogen (secondary N) is 3. The summed E-state index contributed by atoms with van der Waals surface area (Å²) in [5, 5.41) is 13.9. The van der Waals surface area contributed by atoms with Crippen LogP contribution in [-0.2, 0) is 9.53 Å². The van der Waals surface area contributed by atoms with Gasteiger partial charge in [-0.2, -0.15) is 0 Å². The van der Waals surface area contributed by atoms with Crippen LogP contribution in [0.15, 0.2) is 12.4 Å². The second-order valence-corrected chi connectivity index (χ2v) is 3.85. The first-order chi connectivity index (χ1) is 9.08. The van der Waals surface area contributed by atoms with Crippen LogP contribution in [0.25, 0.3) is 0 Å². The Morgan fingerprint density at radius 2 is 2.32 bits per heavy atom. The molecule has 8 nitrogen and oxygen atoms in total. The Hall–Kier alpha value is -2.09. The Bertz CT molecular complexity index is 407. The number of hydrogen-bond acceptors (Lipinski definition) is 4. The molecule has 0 fully saturated rings. The topological polar surface area (TPSA) is 116 Å². The Kier molecular flexibility index (Phi) is 5.80. The van der Waals surface area contributed by atoms with Gasteiger partial charge in [-0.1, -0.05) is 6.92 Å². The lowest BCUT2D eigenvalue weighted by Crippen LogP contribution is -2.44. The molecule has 8 heteroatoms. The predicted molar refractivity (Wildman–Crippen MR) is 66.6 cm³/mol. The van der Waals surface area contributed by atoms with Crippen LogP contribution in [-0.4, -0.2) is 46.8 Å². The van der Waals surface area contributed by atoms with Crippen LogP contribution in [0, 0.1) is 0 Å². The van der Waals surface area contributed by atoms with Crippen molar-refractivity contribution in [1.29, 1.82) is 0 Å². The van der Waals surface area contributed by atoms with E-state index in [1.807, 2.05) is 6.92 Å². The summed E-state index contributed by atoms with van der Waals surface area (Å²) in [6, 6.07) is -0.715. The number of carboxylic acids is 1. The van der Waals surface area contributed by atoms with E-state index in [1.165, 1.54) is 7.11 Å². The highest BCUT2D eigenvalue weighted by molar-refractivity contribution is 5.77. The molecule has 106 valence electrons. The smallest absolute Gasteiger partial charge is 0.334 e. The summed E-state index contributed by atoms with van der Waals surface area (Å²) in [6.45, 7) is 1.80. The molecule has 0 aromatic carbocycles. The third-order valence-electron chi connectivity index (χ3n) is 2.57. The summed E-state index contributed by atoms with van der Waals surface area (Å²) in [5.74, 6) is -0.472. The van der Waals surface area contributed by atoms with Gasteiger partial charge in [-0.05, 0) is 6.42 Å². The van der Waals surface area contributed by atoms with Gasteiger partial charge in [0.2, 0.25) is 0 Å². The van der Waals surface area contributed by atoms with Crippen LogP contribution in [0.1, 0.15) is 25.2 Å². The molecule has 0 radical (unpaired) electrons. The van der Waals surface area contributed by atoms with E-state index in [4.69, 9.17) is 9.84 Å². The number of ether oxygens (including phenoxy) is 1. The molecule has 19 heavy (non-hydrogen) atoms.